The molecule has 1 aliphatic heterocycles. The lowest BCUT2D eigenvalue weighted by atomic mass is 9.95. The molecule has 0 saturated carbocycles. The van der Waals surface area contributed by atoms with Crippen molar-refractivity contribution in [1.29, 1.82) is 0 Å². The number of hydrogen-bond acceptors (Lipinski definition) is 5. The van der Waals surface area contributed by atoms with Crippen LogP contribution in [0.15, 0.2) is 60.3 Å². The summed E-state index contributed by atoms with van der Waals surface area (Å²) >= 11 is 0. The van der Waals surface area contributed by atoms with Gasteiger partial charge in [-0.15, -0.1) is 0 Å². The van der Waals surface area contributed by atoms with E-state index in [1.54, 1.807) is 36.3 Å². The number of carbonyl (C=O) groups is 2. The zero-order valence-corrected chi connectivity index (χ0v) is 19.9. The van der Waals surface area contributed by atoms with E-state index in [0.717, 1.165) is 16.5 Å². The second-order valence-electron chi connectivity index (χ2n) is 8.75. The van der Waals surface area contributed by atoms with Crippen molar-refractivity contribution in [3.05, 3.63) is 71.4 Å². The van der Waals surface area contributed by atoms with Gasteiger partial charge in [-0.3, -0.25) is 9.59 Å². The maximum Gasteiger partial charge on any atom is 0.295 e. The Labute approximate surface area is 199 Å². The lowest BCUT2D eigenvalue weighted by Gasteiger charge is -2.25. The largest absolute Gasteiger partial charge is 0.507 e. The molecule has 0 bridgehead atoms. The predicted octanol–water partition coefficient (Wildman–Crippen LogP) is 4.42. The monoisotopic (exact) mass is 462 g/mol. The van der Waals surface area contributed by atoms with Crippen molar-refractivity contribution >= 4 is 28.4 Å². The van der Waals surface area contributed by atoms with Gasteiger partial charge in [0, 0.05) is 55.5 Å². The van der Waals surface area contributed by atoms with E-state index in [-0.39, 0.29) is 17.4 Å². The van der Waals surface area contributed by atoms with Crippen LogP contribution in [0.25, 0.3) is 16.7 Å². The van der Waals surface area contributed by atoms with E-state index in [2.05, 4.69) is 0 Å². The number of benzene rings is 2. The molecule has 7 nitrogen and oxygen atoms in total. The lowest BCUT2D eigenvalue weighted by molar-refractivity contribution is -0.140. The third-order valence-corrected chi connectivity index (χ3v) is 5.99. The van der Waals surface area contributed by atoms with Crippen LogP contribution in [0.2, 0.25) is 0 Å². The van der Waals surface area contributed by atoms with Crippen LogP contribution in [0.4, 0.5) is 0 Å². The first-order valence-electron chi connectivity index (χ1n) is 11.4. The van der Waals surface area contributed by atoms with Crippen LogP contribution in [0.5, 0.6) is 5.75 Å². The first-order valence-corrected chi connectivity index (χ1v) is 11.4. The topological polar surface area (TPSA) is 81.0 Å². The van der Waals surface area contributed by atoms with Crippen molar-refractivity contribution in [3.63, 3.8) is 0 Å². The molecule has 1 aromatic heterocycles. The molecule has 1 fully saturated rings. The second kappa shape index (κ2) is 9.73. The SMILES string of the molecule is COCCCN1C(=O)C(=O)/C(=C(/O)c2cccc(OC(C)C)c2)C1c1cn(C)c2ccccc12. The van der Waals surface area contributed by atoms with E-state index in [1.165, 1.54) is 0 Å². The van der Waals surface area contributed by atoms with E-state index in [9.17, 15) is 14.7 Å². The molecule has 1 amide bonds. The third-order valence-electron chi connectivity index (χ3n) is 5.99. The lowest BCUT2D eigenvalue weighted by Crippen LogP contribution is -2.31. The van der Waals surface area contributed by atoms with Gasteiger partial charge in [-0.2, -0.15) is 0 Å². The van der Waals surface area contributed by atoms with E-state index in [1.807, 2.05) is 55.9 Å². The summed E-state index contributed by atoms with van der Waals surface area (Å²) in [5.74, 6) is -0.942. The van der Waals surface area contributed by atoms with Gasteiger partial charge >= 0.3 is 0 Å². The fraction of sp³-hybridized carbons (Fsp3) is 0.333. The van der Waals surface area contributed by atoms with Crippen molar-refractivity contribution < 1.29 is 24.2 Å². The van der Waals surface area contributed by atoms with E-state index >= 15 is 0 Å². The fourth-order valence-corrected chi connectivity index (χ4v) is 4.55. The van der Waals surface area contributed by atoms with Crippen molar-refractivity contribution in [2.75, 3.05) is 20.3 Å². The molecule has 2 aromatic carbocycles. The number of methoxy groups -OCH3 is 1. The summed E-state index contributed by atoms with van der Waals surface area (Å²) < 4.78 is 12.9. The Morgan fingerprint density at radius 1 is 1.12 bits per heavy atom. The minimum atomic E-state index is -0.711. The number of amides is 1. The van der Waals surface area contributed by atoms with Crippen LogP contribution >= 0.6 is 0 Å². The number of hydrogen-bond donors (Lipinski definition) is 1. The van der Waals surface area contributed by atoms with Gasteiger partial charge in [-0.1, -0.05) is 30.3 Å². The molecule has 178 valence electrons. The molecule has 1 N–H and O–H groups in total. The highest BCUT2D eigenvalue weighted by Crippen LogP contribution is 2.42. The molecule has 4 rings (SSSR count). The minimum absolute atomic E-state index is 0.0422. The summed E-state index contributed by atoms with van der Waals surface area (Å²) in [6, 6.07) is 14.1. The summed E-state index contributed by atoms with van der Waals surface area (Å²) in [5, 5.41) is 12.3. The zero-order chi connectivity index (χ0) is 24.4. The highest BCUT2D eigenvalue weighted by molar-refractivity contribution is 6.46. The summed E-state index contributed by atoms with van der Waals surface area (Å²) in [6.45, 7) is 4.62. The van der Waals surface area contributed by atoms with Crippen molar-refractivity contribution in [1.82, 2.24) is 9.47 Å². The van der Waals surface area contributed by atoms with Crippen molar-refractivity contribution in [3.8, 4) is 5.75 Å². The van der Waals surface area contributed by atoms with Gasteiger partial charge in [-0.25, -0.2) is 0 Å². The molecule has 2 heterocycles. The number of aliphatic hydroxyl groups excluding tert-OH is 1. The Balaban J connectivity index is 1.89. The minimum Gasteiger partial charge on any atom is -0.507 e. The molecule has 7 heteroatoms. The average molecular weight is 463 g/mol. The summed E-state index contributed by atoms with van der Waals surface area (Å²) in [5.41, 5.74) is 2.29. The van der Waals surface area contributed by atoms with Crippen LogP contribution in [0.1, 0.15) is 37.4 Å². The number of aromatic nitrogens is 1. The number of nitrogens with zero attached hydrogens (tertiary/aromatic N) is 2. The Morgan fingerprint density at radius 3 is 2.62 bits per heavy atom. The molecule has 1 atom stereocenters. The van der Waals surface area contributed by atoms with E-state index in [0.29, 0.717) is 30.9 Å². The number of fused-ring (bicyclic) bond motifs is 1. The standard InChI is InChI=1S/C27H30N2O5/c1-17(2)34-19-10-7-9-18(15-19)25(30)23-24(29(13-8-14-33-4)27(32)26(23)31)21-16-28(3)22-12-6-5-11-20(21)22/h5-7,9-12,15-17,24,30H,8,13-14H2,1-4H3/b25-23+. The number of aliphatic hydroxyl groups is 1. The molecule has 34 heavy (non-hydrogen) atoms. The van der Waals surface area contributed by atoms with Crippen LogP contribution in [0, 0.1) is 0 Å². The molecule has 3 aromatic rings. The molecular weight excluding hydrogens is 432 g/mol. The van der Waals surface area contributed by atoms with Crippen LogP contribution in [-0.4, -0.2) is 52.6 Å². The number of aryl methyl sites for hydroxylation is 1. The Hall–Kier alpha value is -3.58. The van der Waals surface area contributed by atoms with Crippen molar-refractivity contribution in [2.24, 2.45) is 7.05 Å². The van der Waals surface area contributed by atoms with Gasteiger partial charge in [0.15, 0.2) is 0 Å². The highest BCUT2D eigenvalue weighted by Gasteiger charge is 2.46. The molecular formula is C27H30N2O5. The van der Waals surface area contributed by atoms with Gasteiger partial charge in [-0.05, 0) is 38.5 Å². The van der Waals surface area contributed by atoms with Crippen LogP contribution < -0.4 is 4.74 Å². The number of Topliss-reactive ketones (excluding diaryl/α,β-unsaturated/α-hetero) is 1. The van der Waals surface area contributed by atoms with Gasteiger partial charge < -0.3 is 24.0 Å². The normalized spacial score (nSPS) is 17.8. The first kappa shape index (κ1) is 23.6. The van der Waals surface area contributed by atoms with Gasteiger partial charge in [0.05, 0.1) is 17.7 Å². The van der Waals surface area contributed by atoms with Gasteiger partial charge in [0.25, 0.3) is 11.7 Å². The smallest absolute Gasteiger partial charge is 0.295 e. The molecule has 1 unspecified atom stereocenters. The van der Waals surface area contributed by atoms with E-state index < -0.39 is 17.7 Å². The summed E-state index contributed by atoms with van der Waals surface area (Å²) in [4.78, 5) is 28.0. The Morgan fingerprint density at radius 2 is 1.88 bits per heavy atom. The molecule has 1 saturated heterocycles. The van der Waals surface area contributed by atoms with Gasteiger partial charge in [0.1, 0.15) is 11.5 Å². The zero-order valence-electron chi connectivity index (χ0n) is 19.9. The fourth-order valence-electron chi connectivity index (χ4n) is 4.55. The maximum absolute atomic E-state index is 13.3. The molecule has 1 aliphatic rings. The quantitative estimate of drug-likeness (QED) is 0.232. The number of ketones is 1. The number of para-hydroxylation sites is 1. The number of carbonyl (C=O) groups excluding carboxylic acids is 2. The van der Waals surface area contributed by atoms with Crippen LogP contribution in [0.3, 0.4) is 0 Å². The van der Waals surface area contributed by atoms with E-state index in [4.69, 9.17) is 9.47 Å². The number of rotatable bonds is 8. The average Bonchev–Trinajstić information content (AvgIpc) is 3.27. The third kappa shape index (κ3) is 4.31. The first-order chi connectivity index (χ1) is 16.3. The Kier molecular flexibility index (Phi) is 6.75. The molecule has 0 radical (unpaired) electrons. The molecule has 0 aliphatic carbocycles. The number of ether oxygens (including phenoxy) is 2. The highest BCUT2D eigenvalue weighted by atomic mass is 16.5. The summed E-state index contributed by atoms with van der Waals surface area (Å²) in [7, 11) is 3.53. The number of likely N-dealkylation sites (tertiary alicyclic amines) is 1. The predicted molar refractivity (Wildman–Crippen MR) is 131 cm³/mol. The molecule has 0 spiro atoms. The maximum atomic E-state index is 13.3. The van der Waals surface area contributed by atoms with Gasteiger partial charge in [0.2, 0.25) is 0 Å². The Bertz CT molecular complexity index is 1260. The van der Waals surface area contributed by atoms with Crippen molar-refractivity contribution in [2.45, 2.75) is 32.4 Å². The second-order valence-corrected chi connectivity index (χ2v) is 8.75. The van der Waals surface area contributed by atoms with Crippen LogP contribution in [-0.2, 0) is 21.4 Å². The summed E-state index contributed by atoms with van der Waals surface area (Å²) in [6.07, 6.45) is 2.46.